The van der Waals surface area contributed by atoms with Crippen LogP contribution in [0.4, 0.5) is 0 Å². The maximum absolute atomic E-state index is 9.55. The first kappa shape index (κ1) is 23.2. The van der Waals surface area contributed by atoms with Crippen molar-refractivity contribution in [2.75, 3.05) is 13.1 Å². The van der Waals surface area contributed by atoms with Crippen LogP contribution in [0.5, 0.6) is 0 Å². The molecule has 2 aromatic carbocycles. The zero-order chi connectivity index (χ0) is 22.9. The molecule has 1 saturated heterocycles. The first-order chi connectivity index (χ1) is 15.5. The third kappa shape index (κ3) is 6.28. The fraction of sp³-hybridized carbons (Fsp3) is 0.320. The van der Waals surface area contributed by atoms with Crippen LogP contribution in [0, 0.1) is 0 Å². The molecule has 32 heavy (non-hydrogen) atoms. The number of aryl methyl sites for hydroxylation is 1. The molecule has 1 aliphatic rings. The van der Waals surface area contributed by atoms with Crippen LogP contribution in [0.25, 0.3) is 10.9 Å². The molecule has 2 N–H and O–H groups in total. The SMILES string of the molecule is CCn1nc(C2CCN(Cc3ccccc3)CC2)c2ccccc21.O=C(O)C=CC(=O)O. The molecule has 0 spiro atoms. The van der Waals surface area contributed by atoms with Crippen molar-refractivity contribution in [3.05, 3.63) is 78.0 Å². The lowest BCUT2D eigenvalue weighted by molar-refractivity contribution is -0.134. The van der Waals surface area contributed by atoms with Gasteiger partial charge in [-0.2, -0.15) is 5.10 Å². The summed E-state index contributed by atoms with van der Waals surface area (Å²) in [5.74, 6) is -1.92. The third-order valence-corrected chi connectivity index (χ3v) is 5.58. The summed E-state index contributed by atoms with van der Waals surface area (Å²) in [6.45, 7) is 6.50. The van der Waals surface area contributed by atoms with Crippen LogP contribution in [-0.4, -0.2) is 49.9 Å². The number of carbonyl (C=O) groups is 2. The van der Waals surface area contributed by atoms with Crippen molar-refractivity contribution in [1.29, 1.82) is 0 Å². The van der Waals surface area contributed by atoms with Gasteiger partial charge in [0.1, 0.15) is 0 Å². The molecule has 0 unspecified atom stereocenters. The second kappa shape index (κ2) is 11.2. The lowest BCUT2D eigenvalue weighted by atomic mass is 9.91. The fourth-order valence-corrected chi connectivity index (χ4v) is 4.04. The van der Waals surface area contributed by atoms with Crippen LogP contribution in [0.2, 0.25) is 0 Å². The lowest BCUT2D eigenvalue weighted by Crippen LogP contribution is -2.32. The fourth-order valence-electron chi connectivity index (χ4n) is 4.04. The highest BCUT2D eigenvalue weighted by Gasteiger charge is 2.24. The van der Waals surface area contributed by atoms with Gasteiger partial charge in [0.2, 0.25) is 0 Å². The van der Waals surface area contributed by atoms with E-state index < -0.39 is 11.9 Å². The van der Waals surface area contributed by atoms with E-state index in [1.807, 2.05) is 0 Å². The number of aromatic nitrogens is 2. The maximum atomic E-state index is 9.55. The predicted octanol–water partition coefficient (Wildman–Crippen LogP) is 4.15. The molecule has 1 aromatic heterocycles. The van der Waals surface area contributed by atoms with E-state index in [1.54, 1.807) is 0 Å². The van der Waals surface area contributed by atoms with E-state index in [0.717, 1.165) is 26.2 Å². The van der Waals surface area contributed by atoms with Gasteiger partial charge in [0.05, 0.1) is 11.2 Å². The van der Waals surface area contributed by atoms with Gasteiger partial charge >= 0.3 is 11.9 Å². The Morgan fingerprint density at radius 1 is 0.969 bits per heavy atom. The van der Waals surface area contributed by atoms with E-state index in [2.05, 4.69) is 71.1 Å². The lowest BCUT2D eigenvalue weighted by Gasteiger charge is -2.31. The Morgan fingerprint density at radius 3 is 2.16 bits per heavy atom. The molecule has 2 heterocycles. The average molecular weight is 436 g/mol. The highest BCUT2D eigenvalue weighted by molar-refractivity contribution is 5.89. The number of para-hydroxylation sites is 1. The van der Waals surface area contributed by atoms with Crippen LogP contribution in [0.3, 0.4) is 0 Å². The molecule has 0 amide bonds. The normalized spacial score (nSPS) is 14.9. The zero-order valence-electron chi connectivity index (χ0n) is 18.2. The van der Waals surface area contributed by atoms with Crippen molar-refractivity contribution in [2.24, 2.45) is 0 Å². The van der Waals surface area contributed by atoms with Gasteiger partial charge in [-0.3, -0.25) is 9.58 Å². The Kier molecular flexibility index (Phi) is 8.16. The molecule has 0 aliphatic carbocycles. The van der Waals surface area contributed by atoms with E-state index in [9.17, 15) is 9.59 Å². The molecule has 1 aliphatic heterocycles. The number of hydrogen-bond donors (Lipinski definition) is 2. The second-order valence-corrected chi connectivity index (χ2v) is 7.76. The molecule has 0 radical (unpaired) electrons. The molecule has 0 bridgehead atoms. The first-order valence-electron chi connectivity index (χ1n) is 10.8. The van der Waals surface area contributed by atoms with Crippen molar-refractivity contribution >= 4 is 22.8 Å². The minimum absolute atomic E-state index is 0.558. The molecule has 4 rings (SSSR count). The van der Waals surface area contributed by atoms with Crippen molar-refractivity contribution in [2.45, 2.75) is 38.8 Å². The monoisotopic (exact) mass is 435 g/mol. The van der Waals surface area contributed by atoms with Crippen LogP contribution in [0.15, 0.2) is 66.7 Å². The number of nitrogens with zero attached hydrogens (tertiary/aromatic N) is 3. The summed E-state index contributed by atoms with van der Waals surface area (Å²) in [7, 11) is 0. The van der Waals surface area contributed by atoms with Gasteiger partial charge in [-0.25, -0.2) is 9.59 Å². The quantitative estimate of drug-likeness (QED) is 0.565. The Labute approximate surface area is 187 Å². The highest BCUT2D eigenvalue weighted by atomic mass is 16.4. The number of likely N-dealkylation sites (tertiary alicyclic amines) is 1. The van der Waals surface area contributed by atoms with Crippen molar-refractivity contribution in [3.8, 4) is 0 Å². The minimum atomic E-state index is -1.26. The van der Waals surface area contributed by atoms with Gasteiger partial charge in [0, 0.05) is 36.5 Å². The number of carboxylic acid groups (broad SMARTS) is 2. The van der Waals surface area contributed by atoms with Crippen LogP contribution >= 0.6 is 0 Å². The summed E-state index contributed by atoms with van der Waals surface area (Å²) in [5.41, 5.74) is 4.00. The molecule has 7 heteroatoms. The van der Waals surface area contributed by atoms with Crippen LogP contribution < -0.4 is 0 Å². The highest BCUT2D eigenvalue weighted by Crippen LogP contribution is 2.32. The third-order valence-electron chi connectivity index (χ3n) is 5.58. The summed E-state index contributed by atoms with van der Waals surface area (Å²) >= 11 is 0. The van der Waals surface area contributed by atoms with E-state index in [4.69, 9.17) is 15.3 Å². The molecule has 3 aromatic rings. The number of fused-ring (bicyclic) bond motifs is 1. The predicted molar refractivity (Wildman–Crippen MR) is 124 cm³/mol. The molecular weight excluding hydrogens is 406 g/mol. The van der Waals surface area contributed by atoms with Gasteiger partial charge in [-0.1, -0.05) is 48.5 Å². The van der Waals surface area contributed by atoms with E-state index >= 15 is 0 Å². The van der Waals surface area contributed by atoms with E-state index in [-0.39, 0.29) is 0 Å². The maximum Gasteiger partial charge on any atom is 0.328 e. The van der Waals surface area contributed by atoms with E-state index in [0.29, 0.717) is 18.1 Å². The van der Waals surface area contributed by atoms with Gasteiger partial charge in [-0.15, -0.1) is 0 Å². The van der Waals surface area contributed by atoms with Crippen molar-refractivity contribution in [1.82, 2.24) is 14.7 Å². The van der Waals surface area contributed by atoms with Gasteiger partial charge in [-0.05, 0) is 44.5 Å². The number of carboxylic acids is 2. The van der Waals surface area contributed by atoms with Crippen molar-refractivity contribution in [3.63, 3.8) is 0 Å². The second-order valence-electron chi connectivity index (χ2n) is 7.76. The minimum Gasteiger partial charge on any atom is -0.478 e. The van der Waals surface area contributed by atoms with E-state index in [1.165, 1.54) is 35.0 Å². The molecule has 7 nitrogen and oxygen atoms in total. The van der Waals surface area contributed by atoms with Gasteiger partial charge < -0.3 is 10.2 Å². The number of rotatable bonds is 6. The molecule has 0 saturated carbocycles. The molecule has 1 fully saturated rings. The largest absolute Gasteiger partial charge is 0.478 e. The summed E-state index contributed by atoms with van der Waals surface area (Å²) in [6, 6.07) is 19.5. The summed E-state index contributed by atoms with van der Waals surface area (Å²) in [6.07, 6.45) is 3.53. The Balaban J connectivity index is 0.000000312. The summed E-state index contributed by atoms with van der Waals surface area (Å²) in [5, 5.41) is 21.9. The number of piperidine rings is 1. The smallest absolute Gasteiger partial charge is 0.328 e. The Bertz CT molecular complexity index is 1050. The van der Waals surface area contributed by atoms with Gasteiger partial charge in [0.15, 0.2) is 0 Å². The summed E-state index contributed by atoms with van der Waals surface area (Å²) < 4.78 is 2.15. The standard InChI is InChI=1S/C21H25N3.C4H4O4/c1-2-24-20-11-7-6-10-19(20)21(22-24)18-12-14-23(15-13-18)16-17-8-4-3-5-9-17;5-3(6)1-2-4(7)8/h3-11,18H,2,12-16H2,1H3;1-2H,(H,5,6)(H,7,8). The molecule has 168 valence electrons. The molecular formula is C25H29N3O4. The number of hydrogen-bond acceptors (Lipinski definition) is 4. The Morgan fingerprint density at radius 2 is 1.56 bits per heavy atom. The van der Waals surface area contributed by atoms with Gasteiger partial charge in [0.25, 0.3) is 0 Å². The number of benzene rings is 2. The topological polar surface area (TPSA) is 95.7 Å². The first-order valence-corrected chi connectivity index (χ1v) is 10.8. The number of aliphatic carboxylic acids is 2. The van der Waals surface area contributed by atoms with Crippen molar-refractivity contribution < 1.29 is 19.8 Å². The molecule has 0 atom stereocenters. The van der Waals surface area contributed by atoms with Crippen LogP contribution in [0.1, 0.15) is 36.9 Å². The zero-order valence-corrected chi connectivity index (χ0v) is 18.2. The Hall–Kier alpha value is -3.45. The van der Waals surface area contributed by atoms with Crippen LogP contribution in [-0.2, 0) is 22.7 Å². The summed E-state index contributed by atoms with van der Waals surface area (Å²) in [4.78, 5) is 21.7. The average Bonchev–Trinajstić information content (AvgIpc) is 3.18.